The smallest absolute Gasteiger partial charge is 0.279 e. The first kappa shape index (κ1) is 17.3. The van der Waals surface area contributed by atoms with Crippen molar-refractivity contribution in [2.75, 3.05) is 0 Å². The van der Waals surface area contributed by atoms with E-state index in [0.29, 0.717) is 15.9 Å². The Bertz CT molecular complexity index is 1160. The number of thioether (sulfide) groups is 1. The molecule has 3 aromatic heterocycles. The lowest BCUT2D eigenvalue weighted by molar-refractivity contribution is 0.890. The van der Waals surface area contributed by atoms with Gasteiger partial charge in [-0.3, -0.25) is 13.8 Å². The normalized spacial score (nSPS) is 11.3. The fourth-order valence-electron chi connectivity index (χ4n) is 2.62. The van der Waals surface area contributed by atoms with Gasteiger partial charge in [0.15, 0.2) is 5.16 Å². The van der Waals surface area contributed by atoms with Crippen LogP contribution in [0.5, 0.6) is 0 Å². The molecule has 0 fully saturated rings. The minimum atomic E-state index is -0.235. The lowest BCUT2D eigenvalue weighted by Crippen LogP contribution is -2.21. The Kier molecular flexibility index (Phi) is 4.56. The van der Waals surface area contributed by atoms with Crippen LogP contribution in [0.2, 0.25) is 5.02 Å². The van der Waals surface area contributed by atoms with Crippen LogP contribution in [0.15, 0.2) is 45.9 Å². The number of aryl methyl sites for hydroxylation is 1. The van der Waals surface area contributed by atoms with Gasteiger partial charge < -0.3 is 0 Å². The zero-order chi connectivity index (χ0) is 18.3. The second-order valence-electron chi connectivity index (χ2n) is 5.68. The largest absolute Gasteiger partial charge is 0.300 e. The van der Waals surface area contributed by atoms with Crippen LogP contribution in [0, 0.1) is 13.8 Å². The predicted molar refractivity (Wildman–Crippen MR) is 105 cm³/mol. The highest BCUT2D eigenvalue weighted by Gasteiger charge is 2.14. The Balaban J connectivity index is 1.71. The van der Waals surface area contributed by atoms with Crippen molar-refractivity contribution in [3.8, 4) is 5.69 Å². The molecule has 0 aliphatic carbocycles. The number of nitrogens with zero attached hydrogens (tertiary/aromatic N) is 5. The molecule has 0 unspecified atom stereocenters. The van der Waals surface area contributed by atoms with Crippen LogP contribution in [-0.2, 0) is 5.75 Å². The molecule has 0 spiro atoms. The van der Waals surface area contributed by atoms with Crippen molar-refractivity contribution in [3.63, 3.8) is 0 Å². The zero-order valence-electron chi connectivity index (χ0n) is 14.0. The Labute approximate surface area is 162 Å². The molecule has 0 bridgehead atoms. The predicted octanol–water partition coefficient (Wildman–Crippen LogP) is 3.90. The van der Waals surface area contributed by atoms with E-state index in [-0.39, 0.29) is 11.2 Å². The van der Waals surface area contributed by atoms with E-state index in [2.05, 4.69) is 15.2 Å². The number of thiazole rings is 1. The summed E-state index contributed by atoms with van der Waals surface area (Å²) in [6, 6.07) is 5.48. The molecule has 4 aromatic rings. The highest BCUT2D eigenvalue weighted by molar-refractivity contribution is 7.98. The summed E-state index contributed by atoms with van der Waals surface area (Å²) in [4.78, 5) is 17.3. The third-order valence-electron chi connectivity index (χ3n) is 3.95. The minimum Gasteiger partial charge on any atom is -0.279 e. The summed E-state index contributed by atoms with van der Waals surface area (Å²) in [7, 11) is 0. The highest BCUT2D eigenvalue weighted by Crippen LogP contribution is 2.23. The summed E-state index contributed by atoms with van der Waals surface area (Å²) < 4.78 is 3.26. The number of aromatic nitrogens is 5. The molecule has 0 aliphatic rings. The Morgan fingerprint density at radius 2 is 2.08 bits per heavy atom. The molecule has 0 amide bonds. The molecular formula is C17H14ClN5OS2. The number of halogens is 1. The molecule has 0 saturated carbocycles. The molecule has 3 heterocycles. The van der Waals surface area contributed by atoms with Crippen molar-refractivity contribution in [2.24, 2.45) is 0 Å². The third-order valence-corrected chi connectivity index (χ3v) is 6.16. The monoisotopic (exact) mass is 403 g/mol. The van der Waals surface area contributed by atoms with Gasteiger partial charge in [0.25, 0.3) is 0 Å². The van der Waals surface area contributed by atoms with E-state index in [1.807, 2.05) is 31.4 Å². The van der Waals surface area contributed by atoms with Crippen molar-refractivity contribution in [1.29, 1.82) is 0 Å². The maximum atomic E-state index is 12.9. The molecule has 4 rings (SSSR count). The van der Waals surface area contributed by atoms with Gasteiger partial charge in [0, 0.05) is 28.5 Å². The Morgan fingerprint density at radius 3 is 2.85 bits per heavy atom. The molecular weight excluding hydrogens is 390 g/mol. The first-order valence-electron chi connectivity index (χ1n) is 7.80. The highest BCUT2D eigenvalue weighted by atomic mass is 35.5. The summed E-state index contributed by atoms with van der Waals surface area (Å²) in [6.07, 6.45) is 3.51. The van der Waals surface area contributed by atoms with Gasteiger partial charge >= 0.3 is 5.56 Å². The molecule has 9 heteroatoms. The van der Waals surface area contributed by atoms with Crippen molar-refractivity contribution in [2.45, 2.75) is 24.8 Å². The summed E-state index contributed by atoms with van der Waals surface area (Å²) in [5, 5.41) is 12.6. The van der Waals surface area contributed by atoms with Crippen molar-refractivity contribution >= 4 is 40.3 Å². The zero-order valence-corrected chi connectivity index (χ0v) is 16.4. The van der Waals surface area contributed by atoms with Crippen LogP contribution in [0.25, 0.3) is 11.3 Å². The van der Waals surface area contributed by atoms with Crippen LogP contribution in [0.4, 0.5) is 0 Å². The van der Waals surface area contributed by atoms with E-state index in [1.165, 1.54) is 11.8 Å². The molecule has 6 nitrogen and oxygen atoms in total. The number of benzene rings is 1. The van der Waals surface area contributed by atoms with E-state index in [9.17, 15) is 4.79 Å². The molecule has 26 heavy (non-hydrogen) atoms. The summed E-state index contributed by atoms with van der Waals surface area (Å²) in [5.41, 5.74) is 2.62. The van der Waals surface area contributed by atoms with Crippen LogP contribution >= 0.6 is 34.7 Å². The standard InChI is InChI=1S/C17H14ClN5OS2/c1-10-13(18)4-3-5-14(10)22-6-7-23-15(16(22)24)20-21-17(23)26-9-12-8-25-11(2)19-12/h3-8H,9H2,1-2H3. The van der Waals surface area contributed by atoms with E-state index >= 15 is 0 Å². The second-order valence-corrected chi connectivity index (χ2v) is 8.09. The van der Waals surface area contributed by atoms with Crippen molar-refractivity contribution in [3.05, 3.63) is 67.6 Å². The van der Waals surface area contributed by atoms with Crippen LogP contribution < -0.4 is 5.56 Å². The van der Waals surface area contributed by atoms with Crippen LogP contribution in [0.3, 0.4) is 0 Å². The van der Waals surface area contributed by atoms with E-state index < -0.39 is 0 Å². The van der Waals surface area contributed by atoms with Crippen molar-refractivity contribution < 1.29 is 0 Å². The molecule has 0 N–H and O–H groups in total. The maximum Gasteiger partial charge on any atom is 0.300 e. The van der Waals surface area contributed by atoms with E-state index in [0.717, 1.165) is 22.0 Å². The number of fused-ring (bicyclic) bond motifs is 1. The summed E-state index contributed by atoms with van der Waals surface area (Å²) in [5.74, 6) is 0.682. The summed E-state index contributed by atoms with van der Waals surface area (Å²) >= 11 is 9.30. The number of rotatable bonds is 4. The van der Waals surface area contributed by atoms with Crippen LogP contribution in [0.1, 0.15) is 16.3 Å². The van der Waals surface area contributed by atoms with Gasteiger partial charge in [-0.2, -0.15) is 0 Å². The van der Waals surface area contributed by atoms with Gasteiger partial charge in [-0.25, -0.2) is 4.98 Å². The number of hydrogen-bond acceptors (Lipinski definition) is 6. The Morgan fingerprint density at radius 1 is 1.23 bits per heavy atom. The molecule has 0 saturated heterocycles. The summed E-state index contributed by atoms with van der Waals surface area (Å²) in [6.45, 7) is 3.86. The van der Waals surface area contributed by atoms with Gasteiger partial charge in [-0.05, 0) is 31.5 Å². The third kappa shape index (κ3) is 3.04. The fourth-order valence-corrected chi connectivity index (χ4v) is 4.32. The number of hydrogen-bond donors (Lipinski definition) is 0. The topological polar surface area (TPSA) is 65.1 Å². The van der Waals surface area contributed by atoms with Gasteiger partial charge in [0.1, 0.15) is 0 Å². The molecule has 0 aliphatic heterocycles. The van der Waals surface area contributed by atoms with Gasteiger partial charge in [-0.1, -0.05) is 29.4 Å². The van der Waals surface area contributed by atoms with Gasteiger partial charge in [0.2, 0.25) is 5.65 Å². The first-order valence-corrected chi connectivity index (χ1v) is 10.0. The molecule has 0 atom stereocenters. The first-order chi connectivity index (χ1) is 12.5. The lowest BCUT2D eigenvalue weighted by atomic mass is 10.2. The van der Waals surface area contributed by atoms with Gasteiger partial charge in [-0.15, -0.1) is 21.5 Å². The quantitative estimate of drug-likeness (QED) is 0.483. The second kappa shape index (κ2) is 6.86. The molecule has 1 aromatic carbocycles. The van der Waals surface area contributed by atoms with Gasteiger partial charge in [0.05, 0.1) is 16.4 Å². The minimum absolute atomic E-state index is 0.235. The van der Waals surface area contributed by atoms with Crippen LogP contribution in [-0.4, -0.2) is 24.1 Å². The van der Waals surface area contributed by atoms with E-state index in [1.54, 1.807) is 38.8 Å². The Hall–Kier alpha value is -2.16. The van der Waals surface area contributed by atoms with E-state index in [4.69, 9.17) is 11.6 Å². The lowest BCUT2D eigenvalue weighted by Gasteiger charge is -2.10. The molecule has 0 radical (unpaired) electrons. The maximum absolute atomic E-state index is 12.9. The average molecular weight is 404 g/mol. The average Bonchev–Trinajstić information content (AvgIpc) is 3.23. The SMILES string of the molecule is Cc1nc(CSc2nnc3c(=O)n(-c4cccc(Cl)c4C)ccn23)cs1. The fraction of sp³-hybridized carbons (Fsp3) is 0.176. The molecule has 132 valence electrons. The van der Waals surface area contributed by atoms with Crippen molar-refractivity contribution in [1.82, 2.24) is 24.1 Å².